The van der Waals surface area contributed by atoms with Crippen molar-refractivity contribution in [2.45, 2.75) is 62.3 Å². The van der Waals surface area contributed by atoms with Gasteiger partial charge in [0.15, 0.2) is 23.7 Å². The van der Waals surface area contributed by atoms with Crippen molar-refractivity contribution in [1.82, 2.24) is 19.5 Å². The highest BCUT2D eigenvalue weighted by atomic mass is 16.6. The predicted octanol–water partition coefficient (Wildman–Crippen LogP) is -3.79. The summed E-state index contributed by atoms with van der Waals surface area (Å²) in [5.41, 5.74) is 10.2. The third kappa shape index (κ3) is 5.26. The predicted molar refractivity (Wildman–Crippen MR) is 106 cm³/mol. The summed E-state index contributed by atoms with van der Waals surface area (Å²) in [5, 5.41) is 41.4. The number of anilines is 1. The van der Waals surface area contributed by atoms with Crippen LogP contribution in [0.15, 0.2) is 12.7 Å². The summed E-state index contributed by atoms with van der Waals surface area (Å²) in [5.74, 6) is -0.761. The molecular formula is C18H31N7O6+2. The largest absolute Gasteiger partial charge is 0.477 e. The van der Waals surface area contributed by atoms with Crippen LogP contribution in [0.1, 0.15) is 31.9 Å². The number of fused-ring (bicyclic) bond motifs is 1. The van der Waals surface area contributed by atoms with Crippen LogP contribution >= 0.6 is 0 Å². The highest BCUT2D eigenvalue weighted by Crippen LogP contribution is 2.33. The van der Waals surface area contributed by atoms with Gasteiger partial charge in [0.25, 0.3) is 0 Å². The van der Waals surface area contributed by atoms with Crippen LogP contribution in [0.5, 0.6) is 0 Å². The molecule has 3 heterocycles. The summed E-state index contributed by atoms with van der Waals surface area (Å²) in [7, 11) is 0. The van der Waals surface area contributed by atoms with Gasteiger partial charge in [-0.05, 0) is 0 Å². The fourth-order valence-electron chi connectivity index (χ4n) is 3.82. The van der Waals surface area contributed by atoms with Crippen molar-refractivity contribution in [3.05, 3.63) is 12.7 Å². The van der Waals surface area contributed by atoms with Gasteiger partial charge in [-0.1, -0.05) is 0 Å². The minimum absolute atomic E-state index is 0.0539. The van der Waals surface area contributed by atoms with Crippen LogP contribution < -0.4 is 16.8 Å². The molecule has 0 saturated carbocycles. The Morgan fingerprint density at radius 2 is 2.06 bits per heavy atom. The maximum atomic E-state index is 11.1. The van der Waals surface area contributed by atoms with Gasteiger partial charge in [0.05, 0.1) is 25.0 Å². The molecule has 172 valence electrons. The maximum Gasteiger partial charge on any atom is 0.362 e. The zero-order chi connectivity index (χ0) is 22.5. The fourth-order valence-corrected chi connectivity index (χ4v) is 3.82. The van der Waals surface area contributed by atoms with Gasteiger partial charge < -0.3 is 41.9 Å². The first-order valence-electron chi connectivity index (χ1n) is 10.3. The number of carboxylic acid groups (broad SMARTS) is 1. The second-order valence-corrected chi connectivity index (χ2v) is 7.84. The van der Waals surface area contributed by atoms with E-state index in [1.54, 1.807) is 0 Å². The average molecular weight is 441 g/mol. The number of aliphatic hydroxyl groups is 3. The number of carbonyl (C=O) groups is 1. The van der Waals surface area contributed by atoms with E-state index in [2.05, 4.69) is 20.7 Å². The van der Waals surface area contributed by atoms with E-state index in [0.29, 0.717) is 43.4 Å². The normalized spacial score (nSPS) is 25.7. The van der Waals surface area contributed by atoms with Gasteiger partial charge in [0.2, 0.25) is 0 Å². The quantitative estimate of drug-likeness (QED) is 0.168. The number of nitrogens with zero attached hydrogens (tertiary/aromatic N) is 4. The lowest BCUT2D eigenvalue weighted by molar-refractivity contribution is -0.692. The summed E-state index contributed by atoms with van der Waals surface area (Å²) in [4.78, 5) is 23.3. The summed E-state index contributed by atoms with van der Waals surface area (Å²) >= 11 is 0. The standard InChI is InChI=1S/C18H29N7O6/c19-10(18(29)30)3-2-9(21-4-1-5-26)6-11-13(27)14(28)17(31-11)25-8-24-12-15(20)22-7-23-16(12)25/h7-11,13-14,17,21,26-28H,1-6,19H2,(H,29,30)(H2,20,22,23)/p+2/t9-,10+,11+,13+,14+,17+/m0/s1. The SMILES string of the molecule is Nc1ncnc2c1ncn2[C@@H]1O[C@H](C[C@H](CC[C@@H]([NH3+])C(=O)O)[NH2+]CCCO)[C@@H](O)[C@H]1O. The maximum absolute atomic E-state index is 11.1. The van der Waals surface area contributed by atoms with Crippen molar-refractivity contribution in [3.8, 4) is 0 Å². The van der Waals surface area contributed by atoms with E-state index in [1.165, 1.54) is 17.2 Å². The number of ether oxygens (including phenoxy) is 1. The highest BCUT2D eigenvalue weighted by molar-refractivity contribution is 5.81. The van der Waals surface area contributed by atoms with Crippen molar-refractivity contribution < 1.29 is 41.0 Å². The van der Waals surface area contributed by atoms with Crippen LogP contribution in [0.4, 0.5) is 5.82 Å². The Bertz CT molecular complexity index is 880. The first-order valence-corrected chi connectivity index (χ1v) is 10.3. The third-order valence-corrected chi connectivity index (χ3v) is 5.63. The molecule has 11 N–H and O–H groups in total. The Morgan fingerprint density at radius 1 is 1.29 bits per heavy atom. The number of rotatable bonds is 11. The number of nitrogen functional groups attached to an aromatic ring is 1. The Morgan fingerprint density at radius 3 is 2.77 bits per heavy atom. The van der Waals surface area contributed by atoms with Crippen LogP contribution in [0.2, 0.25) is 0 Å². The van der Waals surface area contributed by atoms with E-state index >= 15 is 0 Å². The summed E-state index contributed by atoms with van der Waals surface area (Å²) in [6.45, 7) is 0.700. The molecule has 13 nitrogen and oxygen atoms in total. The minimum Gasteiger partial charge on any atom is -0.477 e. The fraction of sp³-hybridized carbons (Fsp3) is 0.667. The number of carboxylic acids is 1. The van der Waals surface area contributed by atoms with Crippen LogP contribution in [0.3, 0.4) is 0 Å². The summed E-state index contributed by atoms with van der Waals surface area (Å²) in [6.07, 6.45) is 0.655. The second kappa shape index (κ2) is 10.3. The molecule has 3 rings (SSSR count). The second-order valence-electron chi connectivity index (χ2n) is 7.84. The molecule has 0 aliphatic carbocycles. The molecule has 2 aromatic heterocycles. The molecule has 6 atom stereocenters. The molecule has 1 aliphatic rings. The highest BCUT2D eigenvalue weighted by Gasteiger charge is 2.45. The Labute approximate surface area is 178 Å². The van der Waals surface area contributed by atoms with Crippen LogP contribution in [-0.2, 0) is 9.53 Å². The summed E-state index contributed by atoms with van der Waals surface area (Å²) in [6, 6.07) is -0.804. The minimum atomic E-state index is -1.21. The number of aliphatic carboxylic acids is 1. The first-order chi connectivity index (χ1) is 14.8. The van der Waals surface area contributed by atoms with Crippen molar-refractivity contribution in [3.63, 3.8) is 0 Å². The number of nitrogens with two attached hydrogens (primary N) is 2. The Kier molecular flexibility index (Phi) is 7.69. The summed E-state index contributed by atoms with van der Waals surface area (Å²) < 4.78 is 7.51. The van der Waals surface area contributed by atoms with E-state index in [9.17, 15) is 15.0 Å². The lowest BCUT2D eigenvalue weighted by atomic mass is 9.97. The molecular weight excluding hydrogens is 410 g/mol. The van der Waals surface area contributed by atoms with Crippen molar-refractivity contribution in [1.29, 1.82) is 0 Å². The number of aliphatic hydroxyl groups excluding tert-OH is 3. The lowest BCUT2D eigenvalue weighted by Gasteiger charge is -2.21. The molecule has 1 fully saturated rings. The van der Waals surface area contributed by atoms with E-state index in [0.717, 1.165) is 0 Å². The van der Waals surface area contributed by atoms with Crippen molar-refractivity contribution in [2.75, 3.05) is 18.9 Å². The molecule has 2 aromatic rings. The Hall–Kier alpha value is -2.42. The zero-order valence-corrected chi connectivity index (χ0v) is 17.1. The van der Waals surface area contributed by atoms with Gasteiger partial charge >= 0.3 is 5.97 Å². The third-order valence-electron chi connectivity index (χ3n) is 5.63. The number of imidazole rings is 1. The Balaban J connectivity index is 1.71. The van der Waals surface area contributed by atoms with Crippen LogP contribution in [0.25, 0.3) is 11.2 Å². The molecule has 0 unspecified atom stereocenters. The molecule has 1 aliphatic heterocycles. The van der Waals surface area contributed by atoms with Crippen LogP contribution in [-0.4, -0.2) is 89.5 Å². The zero-order valence-electron chi connectivity index (χ0n) is 17.1. The molecule has 31 heavy (non-hydrogen) atoms. The molecule has 1 saturated heterocycles. The molecule has 0 radical (unpaired) electrons. The number of hydrogen-bond acceptors (Lipinski definition) is 9. The number of hydrogen-bond donors (Lipinski definition) is 7. The van der Waals surface area contributed by atoms with E-state index in [-0.39, 0.29) is 18.5 Å². The average Bonchev–Trinajstić information content (AvgIpc) is 3.29. The molecule has 0 bridgehead atoms. The monoisotopic (exact) mass is 441 g/mol. The number of quaternary nitrogens is 2. The van der Waals surface area contributed by atoms with Gasteiger partial charge in [-0.15, -0.1) is 0 Å². The molecule has 0 aromatic carbocycles. The van der Waals surface area contributed by atoms with Crippen LogP contribution in [0, 0.1) is 0 Å². The smallest absolute Gasteiger partial charge is 0.362 e. The molecule has 13 heteroatoms. The van der Waals surface area contributed by atoms with Crippen molar-refractivity contribution >= 4 is 23.0 Å². The topological polar surface area (TPSA) is 221 Å². The van der Waals surface area contributed by atoms with Gasteiger partial charge in [0, 0.05) is 32.3 Å². The van der Waals surface area contributed by atoms with E-state index < -0.39 is 36.6 Å². The van der Waals surface area contributed by atoms with Crippen molar-refractivity contribution in [2.24, 2.45) is 0 Å². The van der Waals surface area contributed by atoms with Gasteiger partial charge in [-0.25, -0.2) is 19.7 Å². The van der Waals surface area contributed by atoms with E-state index in [4.69, 9.17) is 20.7 Å². The number of aromatic nitrogens is 4. The molecule has 0 spiro atoms. The lowest BCUT2D eigenvalue weighted by Crippen LogP contribution is -2.90. The first kappa shape index (κ1) is 23.2. The van der Waals surface area contributed by atoms with Gasteiger partial charge in [-0.2, -0.15) is 0 Å². The van der Waals surface area contributed by atoms with Gasteiger partial charge in [-0.3, -0.25) is 4.57 Å². The van der Waals surface area contributed by atoms with E-state index in [1.807, 2.05) is 5.32 Å². The van der Waals surface area contributed by atoms with Gasteiger partial charge in [0.1, 0.15) is 24.1 Å². The molecule has 0 amide bonds.